The van der Waals surface area contributed by atoms with E-state index in [4.69, 9.17) is 4.74 Å². The second kappa shape index (κ2) is 20.4. The third-order valence-corrected chi connectivity index (χ3v) is 8.97. The van der Waals surface area contributed by atoms with Gasteiger partial charge in [0.25, 0.3) is 0 Å². The van der Waals surface area contributed by atoms with E-state index in [1.165, 1.54) is 68.9 Å². The molecule has 41 heavy (non-hydrogen) atoms. The van der Waals surface area contributed by atoms with E-state index in [-0.39, 0.29) is 0 Å². The first-order chi connectivity index (χ1) is 20.0. The first kappa shape index (κ1) is 34.7. The molecule has 0 N–H and O–H groups in total. The number of allylic oxidation sites excluding steroid dienone is 11. The second-order valence-corrected chi connectivity index (χ2v) is 12.2. The van der Waals surface area contributed by atoms with E-state index >= 15 is 0 Å². The monoisotopic (exact) mass is 556 g/mol. The van der Waals surface area contributed by atoms with E-state index in [2.05, 4.69) is 114 Å². The molecular weight excluding hydrogens is 496 g/mol. The van der Waals surface area contributed by atoms with Gasteiger partial charge in [-0.15, -0.1) is 6.58 Å². The molecule has 0 radical (unpaired) electrons. The highest BCUT2D eigenvalue weighted by molar-refractivity contribution is 5.30. The first-order valence-electron chi connectivity index (χ1n) is 16.5. The van der Waals surface area contributed by atoms with Crippen LogP contribution in [0, 0.1) is 23.7 Å². The zero-order valence-electron chi connectivity index (χ0n) is 27.3. The highest BCUT2D eigenvalue weighted by atomic mass is 16.5. The van der Waals surface area contributed by atoms with Crippen LogP contribution in [0.5, 0.6) is 5.75 Å². The third-order valence-electron chi connectivity index (χ3n) is 8.97. The lowest BCUT2D eigenvalue weighted by atomic mass is 9.71. The van der Waals surface area contributed by atoms with Gasteiger partial charge in [-0.3, -0.25) is 0 Å². The second-order valence-electron chi connectivity index (χ2n) is 12.2. The van der Waals surface area contributed by atoms with Crippen molar-refractivity contribution in [1.29, 1.82) is 0 Å². The molecular formula is C40H60O. The Morgan fingerprint density at radius 1 is 1.10 bits per heavy atom. The van der Waals surface area contributed by atoms with E-state index in [0.29, 0.717) is 23.7 Å². The Kier molecular flexibility index (Phi) is 17.2. The molecule has 1 aliphatic rings. The predicted octanol–water partition coefficient (Wildman–Crippen LogP) is 12.4. The summed E-state index contributed by atoms with van der Waals surface area (Å²) in [5.41, 5.74) is 4.44. The molecule has 2 rings (SSSR count). The zero-order chi connectivity index (χ0) is 29.9. The molecule has 5 atom stereocenters. The van der Waals surface area contributed by atoms with Crippen LogP contribution >= 0.6 is 0 Å². The van der Waals surface area contributed by atoms with E-state index < -0.39 is 0 Å². The van der Waals surface area contributed by atoms with Crippen LogP contribution in [0.15, 0.2) is 96.7 Å². The minimum Gasteiger partial charge on any atom is -0.497 e. The van der Waals surface area contributed by atoms with Gasteiger partial charge in [-0.25, -0.2) is 0 Å². The maximum absolute atomic E-state index is 5.38. The smallest absolute Gasteiger partial charge is 0.119 e. The minimum atomic E-state index is 0.546. The molecule has 1 aromatic carbocycles. The molecule has 1 aliphatic carbocycles. The van der Waals surface area contributed by atoms with Crippen LogP contribution in [0.25, 0.3) is 0 Å². The maximum atomic E-state index is 5.38. The predicted molar refractivity (Wildman–Crippen MR) is 183 cm³/mol. The summed E-state index contributed by atoms with van der Waals surface area (Å²) in [6.45, 7) is 15.7. The molecule has 1 heteroatoms. The highest BCUT2D eigenvalue weighted by Crippen LogP contribution is 2.38. The number of hydrogen-bond donors (Lipinski definition) is 0. The topological polar surface area (TPSA) is 9.23 Å². The van der Waals surface area contributed by atoms with Crippen LogP contribution in [0.2, 0.25) is 0 Å². The summed E-state index contributed by atoms with van der Waals surface area (Å²) in [7, 11) is 1.74. The van der Waals surface area contributed by atoms with Crippen molar-refractivity contribution < 1.29 is 4.74 Å². The number of ether oxygens (including phenoxy) is 1. The Bertz CT molecular complexity index is 1020. The van der Waals surface area contributed by atoms with Gasteiger partial charge in [-0.05, 0) is 112 Å². The van der Waals surface area contributed by atoms with Gasteiger partial charge in [-0.1, -0.05) is 118 Å². The Balaban J connectivity index is 1.82. The Hall–Kier alpha value is -2.54. The minimum absolute atomic E-state index is 0.546. The summed E-state index contributed by atoms with van der Waals surface area (Å²) < 4.78 is 5.38. The average Bonchev–Trinajstić information content (AvgIpc) is 3.00. The van der Waals surface area contributed by atoms with Crippen molar-refractivity contribution >= 4 is 0 Å². The fraction of sp³-hybridized carbons (Fsp3) is 0.550. The highest BCUT2D eigenvalue weighted by Gasteiger charge is 2.28. The summed E-state index contributed by atoms with van der Waals surface area (Å²) in [5, 5.41) is 0. The molecule has 0 amide bonds. The summed E-state index contributed by atoms with van der Waals surface area (Å²) in [6.07, 6.45) is 34.6. The van der Waals surface area contributed by atoms with Crippen molar-refractivity contribution in [3.05, 3.63) is 102 Å². The molecule has 0 bridgehead atoms. The van der Waals surface area contributed by atoms with Crippen LogP contribution in [0.1, 0.15) is 117 Å². The fourth-order valence-corrected chi connectivity index (χ4v) is 6.56. The third kappa shape index (κ3) is 12.5. The molecule has 1 aromatic rings. The van der Waals surface area contributed by atoms with Gasteiger partial charge in [0.15, 0.2) is 0 Å². The zero-order valence-corrected chi connectivity index (χ0v) is 27.3. The Morgan fingerprint density at radius 3 is 2.56 bits per heavy atom. The van der Waals surface area contributed by atoms with Crippen molar-refractivity contribution in [2.24, 2.45) is 23.7 Å². The van der Waals surface area contributed by atoms with E-state index in [0.717, 1.165) is 24.5 Å². The fourth-order valence-electron chi connectivity index (χ4n) is 6.56. The Morgan fingerprint density at radius 2 is 1.90 bits per heavy atom. The SMILES string of the molecule is C=CC(CCC)C(/C(C)=C/C=C\C)C(CCC)CCCC1=CCC(C/C=C\CC[C@H](C)c2cccc(OC)c2)C=C1. The van der Waals surface area contributed by atoms with Gasteiger partial charge in [0.1, 0.15) is 5.75 Å². The summed E-state index contributed by atoms with van der Waals surface area (Å²) in [6, 6.07) is 8.49. The normalized spacial score (nSPS) is 18.8. The van der Waals surface area contributed by atoms with Crippen molar-refractivity contribution in [3.8, 4) is 5.75 Å². The molecule has 0 fully saturated rings. The number of rotatable bonds is 20. The van der Waals surface area contributed by atoms with E-state index in [1.54, 1.807) is 12.7 Å². The number of hydrogen-bond acceptors (Lipinski definition) is 1. The van der Waals surface area contributed by atoms with Crippen LogP contribution < -0.4 is 4.74 Å². The largest absolute Gasteiger partial charge is 0.497 e. The van der Waals surface area contributed by atoms with Crippen molar-refractivity contribution in [2.75, 3.05) is 7.11 Å². The molecule has 0 aliphatic heterocycles. The number of benzene rings is 1. The molecule has 0 heterocycles. The molecule has 1 nitrogen and oxygen atoms in total. The van der Waals surface area contributed by atoms with Gasteiger partial charge < -0.3 is 4.74 Å². The van der Waals surface area contributed by atoms with Crippen LogP contribution in [0.3, 0.4) is 0 Å². The number of methoxy groups -OCH3 is 1. The van der Waals surface area contributed by atoms with Crippen molar-refractivity contribution in [3.63, 3.8) is 0 Å². The quantitative estimate of drug-likeness (QED) is 0.115. The summed E-state index contributed by atoms with van der Waals surface area (Å²) in [5.74, 6) is 4.05. The molecule has 0 saturated heterocycles. The summed E-state index contributed by atoms with van der Waals surface area (Å²) >= 11 is 0. The van der Waals surface area contributed by atoms with E-state index in [9.17, 15) is 0 Å². The molecule has 0 aromatic heterocycles. The van der Waals surface area contributed by atoms with Crippen LogP contribution in [-0.4, -0.2) is 7.11 Å². The summed E-state index contributed by atoms with van der Waals surface area (Å²) in [4.78, 5) is 0. The molecule has 226 valence electrons. The van der Waals surface area contributed by atoms with Gasteiger partial charge in [0, 0.05) is 0 Å². The maximum Gasteiger partial charge on any atom is 0.119 e. The average molecular weight is 557 g/mol. The van der Waals surface area contributed by atoms with Crippen molar-refractivity contribution in [1.82, 2.24) is 0 Å². The van der Waals surface area contributed by atoms with Gasteiger partial charge in [0.05, 0.1) is 7.11 Å². The molecule has 0 spiro atoms. The lowest BCUT2D eigenvalue weighted by Crippen LogP contribution is -2.24. The lowest BCUT2D eigenvalue weighted by Gasteiger charge is -2.34. The van der Waals surface area contributed by atoms with Crippen LogP contribution in [0.4, 0.5) is 0 Å². The standard InChI is InChI=1S/C40H60O/c1-8-12-20-33(6)40(36(11-4)18-9-2)37(19-10-3)24-16-23-35-29-27-34(28-30-35)22-15-13-14-21-32(5)38-25-17-26-39(31-38)41-7/h8,11-13,15,17,20,25-27,29-32,34,36-37,40H,4,9-10,14,16,18-19,21-24,28H2,1-3,5-7H3/b12-8-,15-13-,33-20+/t32-,34?,36?,37?,40?/m0/s1. The Labute approximate surface area is 254 Å². The molecule has 4 unspecified atom stereocenters. The molecule has 0 saturated carbocycles. The van der Waals surface area contributed by atoms with E-state index in [1.807, 2.05) is 6.07 Å². The van der Waals surface area contributed by atoms with Gasteiger partial charge in [0.2, 0.25) is 0 Å². The first-order valence-corrected chi connectivity index (χ1v) is 16.5. The van der Waals surface area contributed by atoms with Crippen molar-refractivity contribution in [2.45, 2.75) is 111 Å². The van der Waals surface area contributed by atoms with Gasteiger partial charge in [-0.2, -0.15) is 0 Å². The lowest BCUT2D eigenvalue weighted by molar-refractivity contribution is 0.255. The van der Waals surface area contributed by atoms with Gasteiger partial charge >= 0.3 is 0 Å². The van der Waals surface area contributed by atoms with Crippen LogP contribution in [-0.2, 0) is 0 Å².